The SMILES string of the molecule is CC(N)(C(=O)NC1COCC1(C)C(=O)O)c1ccccc1. The molecule has 1 aliphatic rings. The van der Waals surface area contributed by atoms with Crippen molar-refractivity contribution in [3.8, 4) is 0 Å². The molecular formula is C15H20N2O4. The second-order valence-electron chi connectivity index (χ2n) is 5.83. The molecule has 4 N–H and O–H groups in total. The Morgan fingerprint density at radius 1 is 1.43 bits per heavy atom. The minimum atomic E-state index is -1.23. The molecule has 1 heterocycles. The fraction of sp³-hybridized carbons (Fsp3) is 0.467. The van der Waals surface area contributed by atoms with Gasteiger partial charge in [-0.15, -0.1) is 0 Å². The van der Waals surface area contributed by atoms with Crippen molar-refractivity contribution >= 4 is 11.9 Å². The van der Waals surface area contributed by atoms with Gasteiger partial charge in [0, 0.05) is 0 Å². The van der Waals surface area contributed by atoms with E-state index in [9.17, 15) is 14.7 Å². The highest BCUT2D eigenvalue weighted by atomic mass is 16.5. The quantitative estimate of drug-likeness (QED) is 0.748. The summed E-state index contributed by atoms with van der Waals surface area (Å²) in [6, 6.07) is 8.36. The summed E-state index contributed by atoms with van der Waals surface area (Å²) >= 11 is 0. The molecule has 114 valence electrons. The number of carbonyl (C=O) groups excluding carboxylic acids is 1. The molecule has 1 fully saturated rings. The van der Waals surface area contributed by atoms with Gasteiger partial charge in [-0.1, -0.05) is 30.3 Å². The Bertz CT molecular complexity index is 544. The molecule has 0 bridgehead atoms. The van der Waals surface area contributed by atoms with Gasteiger partial charge in [0.15, 0.2) is 0 Å². The van der Waals surface area contributed by atoms with E-state index in [-0.39, 0.29) is 13.2 Å². The second-order valence-corrected chi connectivity index (χ2v) is 5.83. The van der Waals surface area contributed by atoms with Crippen LogP contribution in [0.4, 0.5) is 0 Å². The van der Waals surface area contributed by atoms with E-state index < -0.39 is 28.9 Å². The molecule has 0 radical (unpaired) electrons. The van der Waals surface area contributed by atoms with Crippen LogP contribution in [-0.2, 0) is 19.9 Å². The number of amides is 1. The first-order valence-electron chi connectivity index (χ1n) is 6.75. The van der Waals surface area contributed by atoms with Crippen LogP contribution in [0.25, 0.3) is 0 Å². The van der Waals surface area contributed by atoms with Crippen molar-refractivity contribution in [3.05, 3.63) is 35.9 Å². The molecule has 3 atom stereocenters. The Kier molecular flexibility index (Phi) is 4.02. The molecule has 3 unspecified atom stereocenters. The molecule has 1 aromatic carbocycles. The fourth-order valence-corrected chi connectivity index (χ4v) is 2.31. The van der Waals surface area contributed by atoms with Crippen LogP contribution in [0.5, 0.6) is 0 Å². The normalized spacial score (nSPS) is 27.9. The maximum Gasteiger partial charge on any atom is 0.313 e. The van der Waals surface area contributed by atoms with Crippen LogP contribution in [0, 0.1) is 5.41 Å². The Labute approximate surface area is 123 Å². The van der Waals surface area contributed by atoms with Gasteiger partial charge in [0.2, 0.25) is 5.91 Å². The number of hydrogen-bond acceptors (Lipinski definition) is 4. The van der Waals surface area contributed by atoms with Crippen molar-refractivity contribution in [2.24, 2.45) is 11.1 Å². The summed E-state index contributed by atoms with van der Waals surface area (Å²) < 4.78 is 5.22. The zero-order valence-electron chi connectivity index (χ0n) is 12.1. The third-order valence-electron chi connectivity index (χ3n) is 4.09. The van der Waals surface area contributed by atoms with Crippen molar-refractivity contribution in [2.75, 3.05) is 13.2 Å². The highest BCUT2D eigenvalue weighted by Crippen LogP contribution is 2.29. The lowest BCUT2D eigenvalue weighted by molar-refractivity contribution is -0.149. The summed E-state index contributed by atoms with van der Waals surface area (Å²) in [5.74, 6) is -1.42. The van der Waals surface area contributed by atoms with E-state index in [1.807, 2.05) is 6.07 Å². The second kappa shape index (κ2) is 5.46. The summed E-state index contributed by atoms with van der Waals surface area (Å²) in [5, 5.41) is 12.0. The largest absolute Gasteiger partial charge is 0.481 e. The minimum Gasteiger partial charge on any atom is -0.481 e. The van der Waals surface area contributed by atoms with Crippen molar-refractivity contribution < 1.29 is 19.4 Å². The van der Waals surface area contributed by atoms with Gasteiger partial charge < -0.3 is 20.9 Å². The van der Waals surface area contributed by atoms with E-state index in [1.165, 1.54) is 0 Å². The number of nitrogens with two attached hydrogens (primary N) is 1. The number of carbonyl (C=O) groups is 2. The third-order valence-corrected chi connectivity index (χ3v) is 4.09. The van der Waals surface area contributed by atoms with E-state index >= 15 is 0 Å². The molecular weight excluding hydrogens is 272 g/mol. The number of ether oxygens (including phenoxy) is 1. The molecule has 0 saturated carbocycles. The molecule has 1 aliphatic heterocycles. The number of carboxylic acids is 1. The van der Waals surface area contributed by atoms with E-state index in [2.05, 4.69) is 5.32 Å². The summed E-state index contributed by atoms with van der Waals surface area (Å²) in [6.07, 6.45) is 0. The monoisotopic (exact) mass is 292 g/mol. The summed E-state index contributed by atoms with van der Waals surface area (Å²) in [6.45, 7) is 3.40. The minimum absolute atomic E-state index is 0.0693. The average Bonchev–Trinajstić information content (AvgIpc) is 2.82. The van der Waals surface area contributed by atoms with Crippen LogP contribution >= 0.6 is 0 Å². The van der Waals surface area contributed by atoms with Gasteiger partial charge in [-0.3, -0.25) is 9.59 Å². The molecule has 0 aliphatic carbocycles. The summed E-state index contributed by atoms with van der Waals surface area (Å²) in [4.78, 5) is 23.8. The van der Waals surface area contributed by atoms with E-state index in [1.54, 1.807) is 38.1 Å². The molecule has 2 rings (SSSR count). The first-order valence-corrected chi connectivity index (χ1v) is 6.75. The van der Waals surface area contributed by atoms with Gasteiger partial charge in [0.1, 0.15) is 11.0 Å². The third kappa shape index (κ3) is 2.77. The average molecular weight is 292 g/mol. The Morgan fingerprint density at radius 3 is 2.62 bits per heavy atom. The molecule has 1 saturated heterocycles. The van der Waals surface area contributed by atoms with E-state index in [0.717, 1.165) is 0 Å². The molecule has 21 heavy (non-hydrogen) atoms. The predicted octanol–water partition coefficient (Wildman–Crippen LogP) is 0.466. The van der Waals surface area contributed by atoms with Crippen LogP contribution in [-0.4, -0.2) is 36.2 Å². The van der Waals surface area contributed by atoms with Crippen LogP contribution in [0.3, 0.4) is 0 Å². The summed E-state index contributed by atoms with van der Waals surface area (Å²) in [5.41, 5.74) is 4.42. The number of rotatable bonds is 4. The first kappa shape index (κ1) is 15.5. The van der Waals surface area contributed by atoms with Gasteiger partial charge in [0.05, 0.1) is 19.3 Å². The number of aliphatic carboxylic acids is 1. The van der Waals surface area contributed by atoms with Crippen LogP contribution in [0.1, 0.15) is 19.4 Å². The zero-order chi connectivity index (χ0) is 15.7. The van der Waals surface area contributed by atoms with E-state index in [4.69, 9.17) is 10.5 Å². The number of benzene rings is 1. The van der Waals surface area contributed by atoms with Crippen LogP contribution in [0.2, 0.25) is 0 Å². The van der Waals surface area contributed by atoms with Crippen molar-refractivity contribution in [3.63, 3.8) is 0 Å². The van der Waals surface area contributed by atoms with Crippen molar-refractivity contribution in [2.45, 2.75) is 25.4 Å². The summed E-state index contributed by atoms with van der Waals surface area (Å²) in [7, 11) is 0. The molecule has 6 heteroatoms. The molecule has 6 nitrogen and oxygen atoms in total. The van der Waals surface area contributed by atoms with Gasteiger partial charge in [-0.25, -0.2) is 0 Å². The molecule has 0 aromatic heterocycles. The van der Waals surface area contributed by atoms with Gasteiger partial charge in [-0.05, 0) is 19.4 Å². The predicted molar refractivity (Wildman–Crippen MR) is 76.5 cm³/mol. The van der Waals surface area contributed by atoms with Crippen molar-refractivity contribution in [1.29, 1.82) is 0 Å². The highest BCUT2D eigenvalue weighted by molar-refractivity contribution is 5.88. The number of hydrogen-bond donors (Lipinski definition) is 3. The topological polar surface area (TPSA) is 102 Å². The molecule has 1 amide bonds. The van der Waals surface area contributed by atoms with Gasteiger partial charge in [-0.2, -0.15) is 0 Å². The van der Waals surface area contributed by atoms with E-state index in [0.29, 0.717) is 5.56 Å². The molecule has 0 spiro atoms. The Hall–Kier alpha value is -1.92. The number of carboxylic acid groups (broad SMARTS) is 1. The van der Waals surface area contributed by atoms with Crippen LogP contribution < -0.4 is 11.1 Å². The molecule has 1 aromatic rings. The first-order chi connectivity index (χ1) is 9.78. The highest BCUT2D eigenvalue weighted by Gasteiger charge is 2.48. The fourth-order valence-electron chi connectivity index (χ4n) is 2.31. The zero-order valence-corrected chi connectivity index (χ0v) is 12.1. The maximum atomic E-state index is 12.4. The number of nitrogens with one attached hydrogen (secondary N) is 1. The van der Waals surface area contributed by atoms with Gasteiger partial charge in [0.25, 0.3) is 0 Å². The van der Waals surface area contributed by atoms with Crippen LogP contribution in [0.15, 0.2) is 30.3 Å². The van der Waals surface area contributed by atoms with Crippen molar-refractivity contribution in [1.82, 2.24) is 5.32 Å². The Morgan fingerprint density at radius 2 is 2.05 bits per heavy atom. The smallest absolute Gasteiger partial charge is 0.313 e. The lowest BCUT2D eigenvalue weighted by atomic mass is 9.84. The lowest BCUT2D eigenvalue weighted by Crippen LogP contribution is -2.57. The lowest BCUT2D eigenvalue weighted by Gasteiger charge is -2.30. The standard InChI is InChI=1S/C15H20N2O4/c1-14(13(19)20)9-21-8-11(14)17-12(18)15(2,16)10-6-4-3-5-7-10/h3-7,11H,8-9,16H2,1-2H3,(H,17,18)(H,19,20). The maximum absolute atomic E-state index is 12.4. The Balaban J connectivity index is 2.16. The van der Waals surface area contributed by atoms with Gasteiger partial charge >= 0.3 is 5.97 Å².